The fourth-order valence-corrected chi connectivity index (χ4v) is 0.276. The van der Waals surface area contributed by atoms with Crippen LogP contribution in [-0.4, -0.2) is 19.3 Å². The Hall–Kier alpha value is -1.32. The van der Waals surface area contributed by atoms with E-state index in [1.165, 1.54) is 7.11 Å². The van der Waals surface area contributed by atoms with Crippen LogP contribution in [0.1, 0.15) is 0 Å². The molecule has 50 valence electrons. The maximum absolute atomic E-state index is 10.4. The standard InChI is InChI=1S/C5H8N2O2/c1-9-5(8)4(7)2-3-6/h2-3,6H,7H2,1H3/b4-2-,6-3?. The zero-order chi connectivity index (χ0) is 7.28. The number of rotatable bonds is 2. The molecule has 0 bridgehead atoms. The van der Waals surface area contributed by atoms with Gasteiger partial charge in [-0.15, -0.1) is 0 Å². The molecule has 0 spiro atoms. The number of carbonyl (C=O) groups is 1. The number of nitrogens with two attached hydrogens (primary N) is 1. The van der Waals surface area contributed by atoms with Crippen molar-refractivity contribution >= 4 is 12.2 Å². The number of hydrogen-bond acceptors (Lipinski definition) is 4. The Kier molecular flexibility index (Phi) is 3.12. The van der Waals surface area contributed by atoms with Crippen molar-refractivity contribution in [1.29, 1.82) is 5.41 Å². The molecule has 3 N–H and O–H groups in total. The van der Waals surface area contributed by atoms with Crippen molar-refractivity contribution in [3.05, 3.63) is 11.8 Å². The molecule has 0 saturated heterocycles. The third-order valence-electron chi connectivity index (χ3n) is 0.684. The van der Waals surface area contributed by atoms with E-state index >= 15 is 0 Å². The normalized spacial score (nSPS) is 10.6. The highest BCUT2D eigenvalue weighted by atomic mass is 16.5. The van der Waals surface area contributed by atoms with E-state index in [-0.39, 0.29) is 5.70 Å². The van der Waals surface area contributed by atoms with Gasteiger partial charge < -0.3 is 15.9 Å². The lowest BCUT2D eigenvalue weighted by atomic mass is 10.4. The first kappa shape index (κ1) is 7.68. The lowest BCUT2D eigenvalue weighted by molar-refractivity contribution is -0.136. The van der Waals surface area contributed by atoms with Gasteiger partial charge in [0.25, 0.3) is 0 Å². The minimum Gasteiger partial charge on any atom is -0.464 e. The summed E-state index contributed by atoms with van der Waals surface area (Å²) < 4.78 is 4.23. The molecule has 0 atom stereocenters. The van der Waals surface area contributed by atoms with Crippen LogP contribution < -0.4 is 5.73 Å². The van der Waals surface area contributed by atoms with E-state index in [1.807, 2.05) is 0 Å². The first-order valence-corrected chi connectivity index (χ1v) is 2.27. The number of nitrogens with one attached hydrogen (secondary N) is 1. The average molecular weight is 128 g/mol. The molecule has 0 aromatic carbocycles. The Morgan fingerprint density at radius 1 is 1.78 bits per heavy atom. The highest BCUT2D eigenvalue weighted by molar-refractivity contribution is 5.91. The summed E-state index contributed by atoms with van der Waals surface area (Å²) in [5, 5.41) is 6.51. The SMILES string of the molecule is COC(=O)/C(N)=C/C=N. The zero-order valence-electron chi connectivity index (χ0n) is 5.05. The molecule has 4 heteroatoms. The fourth-order valence-electron chi connectivity index (χ4n) is 0.276. The topological polar surface area (TPSA) is 76.2 Å². The molecule has 0 amide bonds. The summed E-state index contributed by atoms with van der Waals surface area (Å²) >= 11 is 0. The van der Waals surface area contributed by atoms with Crippen LogP contribution in [0, 0.1) is 5.41 Å². The van der Waals surface area contributed by atoms with Gasteiger partial charge in [0.05, 0.1) is 7.11 Å². The quantitative estimate of drug-likeness (QED) is 0.303. The van der Waals surface area contributed by atoms with Gasteiger partial charge in [-0.2, -0.15) is 0 Å². The molecule has 0 aromatic rings. The van der Waals surface area contributed by atoms with E-state index in [4.69, 9.17) is 11.1 Å². The van der Waals surface area contributed by atoms with Crippen molar-refractivity contribution in [1.82, 2.24) is 0 Å². The smallest absolute Gasteiger partial charge is 0.353 e. The van der Waals surface area contributed by atoms with E-state index in [0.29, 0.717) is 0 Å². The van der Waals surface area contributed by atoms with Gasteiger partial charge in [0.1, 0.15) is 5.70 Å². The molecule has 0 aliphatic heterocycles. The van der Waals surface area contributed by atoms with Gasteiger partial charge in [0, 0.05) is 6.21 Å². The third kappa shape index (κ3) is 2.48. The van der Waals surface area contributed by atoms with Crippen molar-refractivity contribution in [2.45, 2.75) is 0 Å². The minimum atomic E-state index is -0.612. The summed E-state index contributed by atoms with van der Waals surface area (Å²) in [6.07, 6.45) is 2.08. The summed E-state index contributed by atoms with van der Waals surface area (Å²) in [6.45, 7) is 0. The number of methoxy groups -OCH3 is 1. The van der Waals surface area contributed by atoms with Crippen LogP contribution in [0.5, 0.6) is 0 Å². The lowest BCUT2D eigenvalue weighted by Crippen LogP contribution is -2.12. The fraction of sp³-hybridized carbons (Fsp3) is 0.200. The van der Waals surface area contributed by atoms with Crippen molar-refractivity contribution in [3.8, 4) is 0 Å². The summed E-state index contributed by atoms with van der Waals surface area (Å²) in [4.78, 5) is 10.4. The molecule has 0 aromatic heterocycles. The van der Waals surface area contributed by atoms with Crippen LogP contribution in [0.15, 0.2) is 11.8 Å². The summed E-state index contributed by atoms with van der Waals surface area (Å²) in [5.74, 6) is -0.612. The number of allylic oxidation sites excluding steroid dienone is 1. The van der Waals surface area contributed by atoms with Gasteiger partial charge in [-0.1, -0.05) is 0 Å². The molecule has 9 heavy (non-hydrogen) atoms. The zero-order valence-corrected chi connectivity index (χ0v) is 5.05. The monoisotopic (exact) mass is 128 g/mol. The molecule has 0 unspecified atom stereocenters. The molecule has 0 radical (unpaired) electrons. The van der Waals surface area contributed by atoms with E-state index < -0.39 is 5.97 Å². The van der Waals surface area contributed by atoms with Crippen molar-refractivity contribution in [2.75, 3.05) is 7.11 Å². The van der Waals surface area contributed by atoms with Crippen LogP contribution in [0.2, 0.25) is 0 Å². The first-order valence-electron chi connectivity index (χ1n) is 2.27. The first-order chi connectivity index (χ1) is 4.22. The molecular formula is C5H8N2O2. The highest BCUT2D eigenvalue weighted by Gasteiger charge is 2.00. The number of carbonyl (C=O) groups excluding carboxylic acids is 1. The molecule has 0 heterocycles. The highest BCUT2D eigenvalue weighted by Crippen LogP contribution is 1.83. The summed E-state index contributed by atoms with van der Waals surface area (Å²) in [5.41, 5.74) is 5.01. The van der Waals surface area contributed by atoms with Crippen LogP contribution in [0.3, 0.4) is 0 Å². The number of esters is 1. The van der Waals surface area contributed by atoms with Gasteiger partial charge in [0.15, 0.2) is 0 Å². The number of hydrogen-bond donors (Lipinski definition) is 2. The summed E-state index contributed by atoms with van der Waals surface area (Å²) in [6, 6.07) is 0. The third-order valence-corrected chi connectivity index (χ3v) is 0.684. The molecule has 0 saturated carbocycles. The van der Waals surface area contributed by atoms with Crippen LogP contribution in [0.25, 0.3) is 0 Å². The Bertz CT molecular complexity index is 151. The van der Waals surface area contributed by atoms with Gasteiger partial charge in [-0.3, -0.25) is 0 Å². The second-order valence-corrected chi connectivity index (χ2v) is 1.28. The Morgan fingerprint density at radius 2 is 2.33 bits per heavy atom. The molecule has 0 rings (SSSR count). The van der Waals surface area contributed by atoms with Crippen LogP contribution in [-0.2, 0) is 9.53 Å². The Labute approximate surface area is 52.8 Å². The predicted octanol–water partition coefficient (Wildman–Crippen LogP) is -0.348. The Morgan fingerprint density at radius 3 is 2.67 bits per heavy atom. The maximum atomic E-state index is 10.4. The molecule has 0 aliphatic carbocycles. The number of ether oxygens (including phenoxy) is 1. The van der Waals surface area contributed by atoms with Gasteiger partial charge in [0.2, 0.25) is 0 Å². The average Bonchev–Trinajstić information content (AvgIpc) is 1.87. The minimum absolute atomic E-state index is 0.0625. The predicted molar refractivity (Wildman–Crippen MR) is 33.1 cm³/mol. The van der Waals surface area contributed by atoms with Gasteiger partial charge >= 0.3 is 5.97 Å². The summed E-state index contributed by atoms with van der Waals surface area (Å²) in [7, 11) is 1.23. The largest absolute Gasteiger partial charge is 0.464 e. The van der Waals surface area contributed by atoms with Crippen molar-refractivity contribution in [3.63, 3.8) is 0 Å². The molecule has 0 fully saturated rings. The van der Waals surface area contributed by atoms with E-state index in [9.17, 15) is 4.79 Å². The van der Waals surface area contributed by atoms with E-state index in [1.54, 1.807) is 0 Å². The lowest BCUT2D eigenvalue weighted by Gasteiger charge is -1.94. The molecule has 4 nitrogen and oxygen atoms in total. The molecular weight excluding hydrogens is 120 g/mol. The van der Waals surface area contributed by atoms with Crippen LogP contribution in [0.4, 0.5) is 0 Å². The van der Waals surface area contributed by atoms with Crippen molar-refractivity contribution < 1.29 is 9.53 Å². The van der Waals surface area contributed by atoms with E-state index in [2.05, 4.69) is 4.74 Å². The second kappa shape index (κ2) is 3.65. The second-order valence-electron chi connectivity index (χ2n) is 1.28. The van der Waals surface area contributed by atoms with Crippen molar-refractivity contribution in [2.24, 2.45) is 5.73 Å². The maximum Gasteiger partial charge on any atom is 0.353 e. The van der Waals surface area contributed by atoms with E-state index in [0.717, 1.165) is 12.3 Å². The Balaban J connectivity index is 4.01. The van der Waals surface area contributed by atoms with Crippen LogP contribution >= 0.6 is 0 Å². The molecule has 0 aliphatic rings. The van der Waals surface area contributed by atoms with Gasteiger partial charge in [-0.25, -0.2) is 4.79 Å². The van der Waals surface area contributed by atoms with Gasteiger partial charge in [-0.05, 0) is 6.08 Å².